The Morgan fingerprint density at radius 1 is 1.06 bits per heavy atom. The van der Waals surface area contributed by atoms with Gasteiger partial charge in [0.2, 0.25) is 0 Å². The highest BCUT2D eigenvalue weighted by atomic mass is 35.5. The average molecular weight is 268 g/mol. The lowest BCUT2D eigenvalue weighted by molar-refractivity contribution is 0.470. The van der Waals surface area contributed by atoms with Gasteiger partial charge in [-0.3, -0.25) is 0 Å². The van der Waals surface area contributed by atoms with Gasteiger partial charge >= 0.3 is 0 Å². The molecule has 0 saturated heterocycles. The highest BCUT2D eigenvalue weighted by Gasteiger charge is 2.12. The van der Waals surface area contributed by atoms with Crippen molar-refractivity contribution in [2.45, 2.75) is 58.4 Å². The maximum Gasteiger partial charge on any atom is 0.0453 e. The van der Waals surface area contributed by atoms with Crippen molar-refractivity contribution in [3.63, 3.8) is 0 Å². The number of hydrogen-bond donors (Lipinski definition) is 1. The van der Waals surface area contributed by atoms with Crippen molar-refractivity contribution in [1.82, 2.24) is 5.32 Å². The van der Waals surface area contributed by atoms with E-state index < -0.39 is 0 Å². The molecule has 1 aromatic rings. The highest BCUT2D eigenvalue weighted by molar-refractivity contribution is 6.31. The maximum absolute atomic E-state index is 6.30. The summed E-state index contributed by atoms with van der Waals surface area (Å²) in [4.78, 5) is 0. The van der Waals surface area contributed by atoms with Crippen LogP contribution in [0.4, 0.5) is 0 Å². The van der Waals surface area contributed by atoms with Gasteiger partial charge in [-0.15, -0.1) is 0 Å². The van der Waals surface area contributed by atoms with E-state index in [1.807, 2.05) is 12.1 Å². The SMILES string of the molecule is CCCCCCC(NCCC)c1ccccc1Cl. The first-order chi connectivity index (χ1) is 8.79. The van der Waals surface area contributed by atoms with Crippen molar-refractivity contribution in [3.8, 4) is 0 Å². The van der Waals surface area contributed by atoms with Crippen LogP contribution in [0.5, 0.6) is 0 Å². The first-order valence-corrected chi connectivity index (χ1v) is 7.65. The normalized spacial score (nSPS) is 12.6. The molecule has 0 fully saturated rings. The van der Waals surface area contributed by atoms with Gasteiger partial charge in [0.25, 0.3) is 0 Å². The minimum absolute atomic E-state index is 0.413. The Kier molecular flexibility index (Phi) is 8.11. The Morgan fingerprint density at radius 2 is 1.83 bits per heavy atom. The lowest BCUT2D eigenvalue weighted by Crippen LogP contribution is -2.22. The second-order valence-electron chi connectivity index (χ2n) is 4.88. The smallest absolute Gasteiger partial charge is 0.0453 e. The van der Waals surface area contributed by atoms with E-state index in [-0.39, 0.29) is 0 Å². The van der Waals surface area contributed by atoms with Crippen molar-refractivity contribution in [3.05, 3.63) is 34.9 Å². The van der Waals surface area contributed by atoms with E-state index in [2.05, 4.69) is 31.3 Å². The van der Waals surface area contributed by atoms with Crippen LogP contribution in [0, 0.1) is 0 Å². The molecule has 0 aliphatic carbocycles. The van der Waals surface area contributed by atoms with Gasteiger partial charge in [0.1, 0.15) is 0 Å². The number of benzene rings is 1. The molecule has 1 rings (SSSR count). The van der Waals surface area contributed by atoms with E-state index in [9.17, 15) is 0 Å². The van der Waals surface area contributed by atoms with Gasteiger partial charge in [0, 0.05) is 11.1 Å². The quantitative estimate of drug-likeness (QED) is 0.595. The third-order valence-electron chi connectivity index (χ3n) is 3.27. The molecule has 1 atom stereocenters. The fourth-order valence-corrected chi connectivity index (χ4v) is 2.49. The fraction of sp³-hybridized carbons (Fsp3) is 0.625. The largest absolute Gasteiger partial charge is 0.310 e. The molecule has 0 bridgehead atoms. The molecule has 0 aliphatic heterocycles. The van der Waals surface area contributed by atoms with Crippen LogP contribution in [0.2, 0.25) is 5.02 Å². The Balaban J connectivity index is 2.57. The summed E-state index contributed by atoms with van der Waals surface area (Å²) in [7, 11) is 0. The third-order valence-corrected chi connectivity index (χ3v) is 3.61. The molecule has 1 nitrogen and oxygen atoms in total. The average Bonchev–Trinajstić information content (AvgIpc) is 2.39. The summed E-state index contributed by atoms with van der Waals surface area (Å²) in [5.74, 6) is 0. The van der Waals surface area contributed by atoms with Crippen molar-refractivity contribution in [2.75, 3.05) is 6.54 Å². The zero-order chi connectivity index (χ0) is 13.2. The lowest BCUT2D eigenvalue weighted by Gasteiger charge is -2.20. The molecule has 0 aliphatic rings. The van der Waals surface area contributed by atoms with Crippen LogP contribution in [-0.2, 0) is 0 Å². The van der Waals surface area contributed by atoms with Gasteiger partial charge in [-0.25, -0.2) is 0 Å². The van der Waals surface area contributed by atoms with E-state index >= 15 is 0 Å². The van der Waals surface area contributed by atoms with Gasteiger partial charge in [-0.1, -0.05) is 69.3 Å². The molecule has 0 spiro atoms. The van der Waals surface area contributed by atoms with E-state index in [4.69, 9.17) is 11.6 Å². The summed E-state index contributed by atoms with van der Waals surface area (Å²) >= 11 is 6.30. The van der Waals surface area contributed by atoms with Gasteiger partial charge in [-0.05, 0) is 31.0 Å². The molecule has 2 heteroatoms. The molecule has 102 valence electrons. The van der Waals surface area contributed by atoms with E-state index in [1.54, 1.807) is 0 Å². The topological polar surface area (TPSA) is 12.0 Å². The van der Waals surface area contributed by atoms with Crippen molar-refractivity contribution < 1.29 is 0 Å². The van der Waals surface area contributed by atoms with Crippen molar-refractivity contribution >= 4 is 11.6 Å². The van der Waals surface area contributed by atoms with Crippen LogP contribution in [0.25, 0.3) is 0 Å². The number of hydrogen-bond acceptors (Lipinski definition) is 1. The number of unbranched alkanes of at least 4 members (excludes halogenated alkanes) is 3. The van der Waals surface area contributed by atoms with Crippen LogP contribution in [-0.4, -0.2) is 6.54 Å². The molecule has 0 saturated carbocycles. The van der Waals surface area contributed by atoms with Crippen molar-refractivity contribution in [1.29, 1.82) is 0 Å². The van der Waals surface area contributed by atoms with Gasteiger partial charge in [-0.2, -0.15) is 0 Å². The van der Waals surface area contributed by atoms with Crippen LogP contribution in [0.1, 0.15) is 64.0 Å². The molecule has 1 N–H and O–H groups in total. The Labute approximate surface area is 117 Å². The molecule has 1 unspecified atom stereocenters. The third kappa shape index (κ3) is 5.41. The summed E-state index contributed by atoms with van der Waals surface area (Å²) in [6.07, 6.45) is 7.58. The van der Waals surface area contributed by atoms with E-state index in [1.165, 1.54) is 37.7 Å². The molecular weight excluding hydrogens is 242 g/mol. The predicted octanol–water partition coefficient (Wildman–Crippen LogP) is 5.35. The van der Waals surface area contributed by atoms with Crippen LogP contribution in [0.3, 0.4) is 0 Å². The van der Waals surface area contributed by atoms with Crippen LogP contribution >= 0.6 is 11.6 Å². The maximum atomic E-state index is 6.30. The minimum atomic E-state index is 0.413. The summed E-state index contributed by atoms with van der Waals surface area (Å²) in [6.45, 7) is 5.51. The molecule has 0 heterocycles. The molecule has 0 aromatic heterocycles. The van der Waals surface area contributed by atoms with Crippen molar-refractivity contribution in [2.24, 2.45) is 0 Å². The molecule has 1 aromatic carbocycles. The zero-order valence-electron chi connectivity index (χ0n) is 11.7. The van der Waals surface area contributed by atoms with Crippen LogP contribution < -0.4 is 5.32 Å². The summed E-state index contributed by atoms with van der Waals surface area (Å²) in [6, 6.07) is 8.63. The fourth-order valence-electron chi connectivity index (χ4n) is 2.22. The van der Waals surface area contributed by atoms with Gasteiger partial charge in [0.15, 0.2) is 0 Å². The van der Waals surface area contributed by atoms with Gasteiger partial charge < -0.3 is 5.32 Å². The lowest BCUT2D eigenvalue weighted by atomic mass is 10.00. The monoisotopic (exact) mass is 267 g/mol. The molecule has 18 heavy (non-hydrogen) atoms. The molecular formula is C16H26ClN. The number of nitrogens with one attached hydrogen (secondary N) is 1. The Morgan fingerprint density at radius 3 is 2.50 bits per heavy atom. The Bertz CT molecular complexity index is 325. The van der Waals surface area contributed by atoms with Gasteiger partial charge in [0.05, 0.1) is 0 Å². The highest BCUT2D eigenvalue weighted by Crippen LogP contribution is 2.26. The number of rotatable bonds is 9. The second-order valence-corrected chi connectivity index (χ2v) is 5.28. The van der Waals surface area contributed by atoms with E-state index in [0.29, 0.717) is 6.04 Å². The minimum Gasteiger partial charge on any atom is -0.310 e. The van der Waals surface area contributed by atoms with Crippen LogP contribution in [0.15, 0.2) is 24.3 Å². The first-order valence-electron chi connectivity index (χ1n) is 7.27. The number of halogens is 1. The Hall–Kier alpha value is -0.530. The van der Waals surface area contributed by atoms with E-state index in [0.717, 1.165) is 18.0 Å². The summed E-state index contributed by atoms with van der Waals surface area (Å²) < 4.78 is 0. The first kappa shape index (κ1) is 15.5. The summed E-state index contributed by atoms with van der Waals surface area (Å²) in [5, 5.41) is 4.51. The second kappa shape index (κ2) is 9.41. The molecule has 0 amide bonds. The summed E-state index contributed by atoms with van der Waals surface area (Å²) in [5.41, 5.74) is 1.25. The standard InChI is InChI=1S/C16H26ClN/c1-3-5-6-7-12-16(18-13-4-2)14-10-8-9-11-15(14)17/h8-11,16,18H,3-7,12-13H2,1-2H3. The molecule has 0 radical (unpaired) electrons. The zero-order valence-corrected chi connectivity index (χ0v) is 12.5. The predicted molar refractivity (Wildman–Crippen MR) is 81.2 cm³/mol.